The quantitative estimate of drug-likeness (QED) is 0.712. The van der Waals surface area contributed by atoms with E-state index in [2.05, 4.69) is 29.8 Å². The maximum Gasteiger partial charge on any atom is 0.0613 e. The first kappa shape index (κ1) is 12.9. The summed E-state index contributed by atoms with van der Waals surface area (Å²) in [7, 11) is 0. The van der Waals surface area contributed by atoms with Crippen LogP contribution in [0.4, 0.5) is 0 Å². The summed E-state index contributed by atoms with van der Waals surface area (Å²) in [4.78, 5) is 0. The summed E-state index contributed by atoms with van der Waals surface area (Å²) in [6, 6.07) is 0.604. The molecule has 1 aromatic heterocycles. The van der Waals surface area contributed by atoms with E-state index in [4.69, 9.17) is 11.6 Å². The van der Waals surface area contributed by atoms with Crippen LogP contribution in [0.3, 0.4) is 0 Å². The molecule has 3 heteroatoms. The predicted molar refractivity (Wildman–Crippen MR) is 72.4 cm³/mol. The van der Waals surface area contributed by atoms with E-state index in [1.165, 1.54) is 37.7 Å². The lowest BCUT2D eigenvalue weighted by molar-refractivity contribution is 0.256. The van der Waals surface area contributed by atoms with Crippen molar-refractivity contribution in [3.8, 4) is 0 Å². The van der Waals surface area contributed by atoms with Crippen molar-refractivity contribution in [1.82, 2.24) is 9.78 Å². The molecule has 0 amide bonds. The molecule has 1 heterocycles. The molecule has 0 aliphatic heterocycles. The first-order chi connectivity index (χ1) is 8.24. The molecular weight excluding hydrogens is 232 g/mol. The largest absolute Gasteiger partial charge is 0.269 e. The predicted octanol–water partition coefficient (Wildman–Crippen LogP) is 4.71. The van der Waals surface area contributed by atoms with Gasteiger partial charge in [0.25, 0.3) is 0 Å². The number of hydrogen-bond donors (Lipinski definition) is 0. The minimum absolute atomic E-state index is 0.121. The molecule has 1 aromatic rings. The van der Waals surface area contributed by atoms with Crippen molar-refractivity contribution in [3.63, 3.8) is 0 Å². The zero-order valence-electron chi connectivity index (χ0n) is 10.9. The molecule has 17 heavy (non-hydrogen) atoms. The highest BCUT2D eigenvalue weighted by Crippen LogP contribution is 2.34. The second kappa shape index (κ2) is 5.90. The van der Waals surface area contributed by atoms with Crippen molar-refractivity contribution in [3.05, 3.63) is 18.0 Å². The van der Waals surface area contributed by atoms with Crippen molar-refractivity contribution >= 4 is 11.6 Å². The van der Waals surface area contributed by atoms with Gasteiger partial charge in [0.1, 0.15) is 0 Å². The van der Waals surface area contributed by atoms with Crippen LogP contribution >= 0.6 is 11.6 Å². The van der Waals surface area contributed by atoms with Gasteiger partial charge in [-0.2, -0.15) is 5.10 Å². The van der Waals surface area contributed by atoms with Crippen molar-refractivity contribution in [1.29, 1.82) is 0 Å². The second-order valence-electron chi connectivity index (χ2n) is 5.21. The van der Waals surface area contributed by atoms with E-state index in [1.54, 1.807) is 0 Å². The first-order valence-corrected chi connectivity index (χ1v) is 7.36. The molecule has 96 valence electrons. The standard InChI is InChI=1S/C14H23ClN2/c1-3-11-5-7-13(8-6-11)17-10-12(9-16-17)14(15)4-2/h9-11,13-14H,3-8H2,1-2H3. The summed E-state index contributed by atoms with van der Waals surface area (Å²) in [6.07, 6.45) is 11.7. The van der Waals surface area contributed by atoms with Gasteiger partial charge >= 0.3 is 0 Å². The summed E-state index contributed by atoms with van der Waals surface area (Å²) in [5.74, 6) is 0.942. The Morgan fingerprint density at radius 2 is 2.06 bits per heavy atom. The summed E-state index contributed by atoms with van der Waals surface area (Å²) in [5.41, 5.74) is 1.17. The highest BCUT2D eigenvalue weighted by atomic mass is 35.5. The van der Waals surface area contributed by atoms with E-state index in [0.717, 1.165) is 12.3 Å². The number of nitrogens with zero attached hydrogens (tertiary/aromatic N) is 2. The third kappa shape index (κ3) is 3.04. The third-order valence-electron chi connectivity index (χ3n) is 4.11. The van der Waals surface area contributed by atoms with Crippen LogP contribution in [0.25, 0.3) is 0 Å². The van der Waals surface area contributed by atoms with Crippen molar-refractivity contribution in [2.75, 3.05) is 0 Å². The van der Waals surface area contributed by atoms with Gasteiger partial charge in [-0.05, 0) is 38.0 Å². The van der Waals surface area contributed by atoms with E-state index >= 15 is 0 Å². The fraction of sp³-hybridized carbons (Fsp3) is 0.786. The fourth-order valence-corrected chi connectivity index (χ4v) is 2.88. The molecule has 2 rings (SSSR count). The van der Waals surface area contributed by atoms with Crippen LogP contribution in [0.2, 0.25) is 0 Å². The first-order valence-electron chi connectivity index (χ1n) is 6.92. The van der Waals surface area contributed by atoms with Gasteiger partial charge in [0.15, 0.2) is 0 Å². The summed E-state index contributed by atoms with van der Waals surface area (Å²) >= 11 is 6.24. The zero-order valence-corrected chi connectivity index (χ0v) is 11.7. The molecule has 0 N–H and O–H groups in total. The lowest BCUT2D eigenvalue weighted by Gasteiger charge is -2.27. The third-order valence-corrected chi connectivity index (χ3v) is 4.67. The molecule has 1 aliphatic rings. The molecular formula is C14H23ClN2. The number of aromatic nitrogens is 2. The Hall–Kier alpha value is -0.500. The van der Waals surface area contributed by atoms with Gasteiger partial charge in [-0.15, -0.1) is 11.6 Å². The Balaban J connectivity index is 1.97. The van der Waals surface area contributed by atoms with Gasteiger partial charge in [-0.3, -0.25) is 4.68 Å². The van der Waals surface area contributed by atoms with E-state index in [0.29, 0.717) is 6.04 Å². The Morgan fingerprint density at radius 1 is 1.35 bits per heavy atom. The van der Waals surface area contributed by atoms with Crippen LogP contribution in [-0.4, -0.2) is 9.78 Å². The lowest BCUT2D eigenvalue weighted by Crippen LogP contribution is -2.18. The smallest absolute Gasteiger partial charge is 0.0613 e. The van der Waals surface area contributed by atoms with Crippen LogP contribution in [0.1, 0.15) is 69.4 Å². The Kier molecular flexibility index (Phi) is 4.49. The van der Waals surface area contributed by atoms with Crippen molar-refractivity contribution < 1.29 is 0 Å². The summed E-state index contributed by atoms with van der Waals surface area (Å²) in [6.45, 7) is 4.41. The normalized spacial score (nSPS) is 27.0. The average Bonchev–Trinajstić information content (AvgIpc) is 2.87. The minimum atomic E-state index is 0.121. The Labute approximate surface area is 109 Å². The number of alkyl halides is 1. The van der Waals surface area contributed by atoms with E-state index in [9.17, 15) is 0 Å². The summed E-state index contributed by atoms with van der Waals surface area (Å²) in [5, 5.41) is 4.61. The topological polar surface area (TPSA) is 17.8 Å². The average molecular weight is 255 g/mol. The van der Waals surface area contributed by atoms with Crippen LogP contribution in [0.15, 0.2) is 12.4 Å². The fourth-order valence-electron chi connectivity index (χ4n) is 2.77. The maximum absolute atomic E-state index is 6.24. The van der Waals surface area contributed by atoms with Crippen LogP contribution < -0.4 is 0 Å². The van der Waals surface area contributed by atoms with Crippen molar-refractivity contribution in [2.45, 2.75) is 63.8 Å². The Morgan fingerprint density at radius 3 is 2.65 bits per heavy atom. The van der Waals surface area contributed by atoms with Crippen LogP contribution in [0, 0.1) is 5.92 Å². The lowest BCUT2D eigenvalue weighted by atomic mass is 9.85. The molecule has 1 aliphatic carbocycles. The molecule has 0 bridgehead atoms. The number of hydrogen-bond acceptors (Lipinski definition) is 1. The zero-order chi connectivity index (χ0) is 12.3. The molecule has 1 saturated carbocycles. The number of halogens is 1. The van der Waals surface area contributed by atoms with Gasteiger partial charge in [0.2, 0.25) is 0 Å². The molecule has 0 radical (unpaired) electrons. The number of rotatable bonds is 4. The van der Waals surface area contributed by atoms with Gasteiger partial charge in [0.05, 0.1) is 17.6 Å². The highest BCUT2D eigenvalue weighted by Gasteiger charge is 2.22. The van der Waals surface area contributed by atoms with Gasteiger partial charge in [0, 0.05) is 11.8 Å². The maximum atomic E-state index is 6.24. The molecule has 0 aromatic carbocycles. The minimum Gasteiger partial charge on any atom is -0.269 e. The molecule has 1 fully saturated rings. The molecule has 2 nitrogen and oxygen atoms in total. The van der Waals surface area contributed by atoms with Crippen LogP contribution in [0.5, 0.6) is 0 Å². The molecule has 0 spiro atoms. The second-order valence-corrected chi connectivity index (χ2v) is 5.74. The summed E-state index contributed by atoms with van der Waals surface area (Å²) < 4.78 is 2.15. The molecule has 0 saturated heterocycles. The SMILES string of the molecule is CCC1CCC(n2cc(C(Cl)CC)cn2)CC1. The Bertz CT molecular complexity index is 340. The van der Waals surface area contributed by atoms with E-state index in [1.807, 2.05) is 6.20 Å². The van der Waals surface area contributed by atoms with E-state index < -0.39 is 0 Å². The monoisotopic (exact) mass is 254 g/mol. The van der Waals surface area contributed by atoms with E-state index in [-0.39, 0.29) is 5.38 Å². The van der Waals surface area contributed by atoms with Gasteiger partial charge in [-0.25, -0.2) is 0 Å². The van der Waals surface area contributed by atoms with Gasteiger partial charge < -0.3 is 0 Å². The van der Waals surface area contributed by atoms with Crippen LogP contribution in [-0.2, 0) is 0 Å². The van der Waals surface area contributed by atoms with Crippen molar-refractivity contribution in [2.24, 2.45) is 5.92 Å². The highest BCUT2D eigenvalue weighted by molar-refractivity contribution is 6.20. The molecule has 1 unspecified atom stereocenters. The van der Waals surface area contributed by atoms with Gasteiger partial charge in [-0.1, -0.05) is 20.3 Å². The molecule has 1 atom stereocenters.